The van der Waals surface area contributed by atoms with Crippen LogP contribution in [0.1, 0.15) is 26.2 Å². The maximum absolute atomic E-state index is 12.2. The highest BCUT2D eigenvalue weighted by molar-refractivity contribution is 7.92. The number of benzene rings is 1. The molecule has 136 valence electrons. The molecule has 0 saturated carbocycles. The van der Waals surface area contributed by atoms with Crippen molar-refractivity contribution < 1.29 is 22.7 Å². The van der Waals surface area contributed by atoms with Crippen molar-refractivity contribution in [1.29, 1.82) is 0 Å². The Hall–Kier alpha value is -1.96. The summed E-state index contributed by atoms with van der Waals surface area (Å²) >= 11 is 0. The van der Waals surface area contributed by atoms with E-state index in [1.807, 2.05) is 0 Å². The minimum atomic E-state index is -3.67. The lowest BCUT2D eigenvalue weighted by Gasteiger charge is -2.24. The summed E-state index contributed by atoms with van der Waals surface area (Å²) in [6.07, 6.45) is 3.98. The highest BCUT2D eigenvalue weighted by Crippen LogP contribution is 2.33. The highest BCUT2D eigenvalue weighted by atomic mass is 32.2. The molecule has 0 bridgehead atoms. The van der Waals surface area contributed by atoms with Gasteiger partial charge in [-0.05, 0) is 18.6 Å². The summed E-state index contributed by atoms with van der Waals surface area (Å²) in [6, 6.07) is 4.79. The molecule has 7 nitrogen and oxygen atoms in total. The standard InChI is InChI=1S/C16H26N2O5S/c1-5-6-7-10-17-16(19)12-18(24(4,20)21)14-11-13(22-2)8-9-15(14)23-3/h8-9,11H,5-7,10,12H2,1-4H3,(H,17,19). The summed E-state index contributed by atoms with van der Waals surface area (Å²) in [5, 5.41) is 2.74. The van der Waals surface area contributed by atoms with Gasteiger partial charge in [-0.25, -0.2) is 8.42 Å². The second-order valence-corrected chi connectivity index (χ2v) is 7.27. The van der Waals surface area contributed by atoms with Crippen molar-refractivity contribution in [1.82, 2.24) is 5.32 Å². The lowest BCUT2D eigenvalue weighted by molar-refractivity contribution is -0.119. The Bertz CT molecular complexity index is 646. The predicted molar refractivity (Wildman–Crippen MR) is 94.3 cm³/mol. The number of nitrogens with one attached hydrogen (secondary N) is 1. The number of carbonyl (C=O) groups is 1. The second-order valence-electron chi connectivity index (χ2n) is 5.36. The van der Waals surface area contributed by atoms with Crippen molar-refractivity contribution in [3.63, 3.8) is 0 Å². The number of sulfonamides is 1. The number of rotatable bonds is 10. The number of unbranched alkanes of at least 4 members (excludes halogenated alkanes) is 2. The van der Waals surface area contributed by atoms with Crippen molar-refractivity contribution in [3.8, 4) is 11.5 Å². The SMILES string of the molecule is CCCCCNC(=O)CN(c1cc(OC)ccc1OC)S(C)(=O)=O. The van der Waals surface area contributed by atoms with Gasteiger partial charge in [-0.2, -0.15) is 0 Å². The van der Waals surface area contributed by atoms with E-state index in [4.69, 9.17) is 9.47 Å². The molecule has 1 amide bonds. The fraction of sp³-hybridized carbons (Fsp3) is 0.562. The van der Waals surface area contributed by atoms with E-state index < -0.39 is 10.0 Å². The first-order valence-electron chi connectivity index (χ1n) is 7.80. The van der Waals surface area contributed by atoms with Crippen LogP contribution in [0.2, 0.25) is 0 Å². The molecule has 8 heteroatoms. The Morgan fingerprint density at radius 1 is 1.21 bits per heavy atom. The zero-order valence-corrected chi connectivity index (χ0v) is 15.5. The van der Waals surface area contributed by atoms with Crippen LogP contribution in [-0.4, -0.2) is 47.9 Å². The molecule has 1 rings (SSSR count). The molecule has 0 aliphatic heterocycles. The Morgan fingerprint density at radius 3 is 2.46 bits per heavy atom. The average Bonchev–Trinajstić information content (AvgIpc) is 2.55. The van der Waals surface area contributed by atoms with Crippen LogP contribution in [0.25, 0.3) is 0 Å². The third-order valence-corrected chi connectivity index (χ3v) is 4.57. The van der Waals surface area contributed by atoms with Crippen LogP contribution in [0.4, 0.5) is 5.69 Å². The summed E-state index contributed by atoms with van der Waals surface area (Å²) < 4.78 is 35.7. The Balaban J connectivity index is 3.00. The van der Waals surface area contributed by atoms with Gasteiger partial charge < -0.3 is 14.8 Å². The van der Waals surface area contributed by atoms with Gasteiger partial charge in [-0.3, -0.25) is 9.10 Å². The van der Waals surface area contributed by atoms with Gasteiger partial charge >= 0.3 is 0 Å². The molecular weight excluding hydrogens is 332 g/mol. The number of ether oxygens (including phenoxy) is 2. The van der Waals surface area contributed by atoms with Crippen LogP contribution in [0, 0.1) is 0 Å². The molecular formula is C16H26N2O5S. The summed E-state index contributed by atoms with van der Waals surface area (Å²) in [7, 11) is -0.745. The predicted octanol–water partition coefficient (Wildman–Crippen LogP) is 1.78. The highest BCUT2D eigenvalue weighted by Gasteiger charge is 2.24. The van der Waals surface area contributed by atoms with Gasteiger partial charge in [0.2, 0.25) is 15.9 Å². The molecule has 0 aromatic heterocycles. The van der Waals surface area contributed by atoms with Gasteiger partial charge in [-0.15, -0.1) is 0 Å². The molecule has 0 aliphatic carbocycles. The van der Waals surface area contributed by atoms with Crippen molar-refractivity contribution in [2.24, 2.45) is 0 Å². The topological polar surface area (TPSA) is 84.9 Å². The molecule has 1 N–H and O–H groups in total. The maximum Gasteiger partial charge on any atom is 0.240 e. The quantitative estimate of drug-likeness (QED) is 0.645. The number of carbonyl (C=O) groups excluding carboxylic acids is 1. The van der Waals surface area contributed by atoms with Gasteiger partial charge in [-0.1, -0.05) is 19.8 Å². The van der Waals surface area contributed by atoms with E-state index in [9.17, 15) is 13.2 Å². The molecule has 0 saturated heterocycles. The normalized spacial score (nSPS) is 11.0. The van der Waals surface area contributed by atoms with Crippen LogP contribution in [0.3, 0.4) is 0 Å². The largest absolute Gasteiger partial charge is 0.497 e. The molecule has 1 aromatic rings. The molecule has 0 radical (unpaired) electrons. The van der Waals surface area contributed by atoms with Gasteiger partial charge in [0.1, 0.15) is 18.0 Å². The number of hydrogen-bond donors (Lipinski definition) is 1. The third kappa shape index (κ3) is 5.92. The van der Waals surface area contributed by atoms with Crippen LogP contribution < -0.4 is 19.1 Å². The van der Waals surface area contributed by atoms with Gasteiger partial charge in [0, 0.05) is 12.6 Å². The van der Waals surface area contributed by atoms with Crippen LogP contribution in [0.15, 0.2) is 18.2 Å². The number of methoxy groups -OCH3 is 2. The Morgan fingerprint density at radius 2 is 1.92 bits per heavy atom. The lowest BCUT2D eigenvalue weighted by Crippen LogP contribution is -2.40. The number of nitrogens with zero attached hydrogens (tertiary/aromatic N) is 1. The zero-order chi connectivity index (χ0) is 18.2. The van der Waals surface area contributed by atoms with E-state index in [-0.39, 0.29) is 18.1 Å². The van der Waals surface area contributed by atoms with Crippen LogP contribution in [0.5, 0.6) is 11.5 Å². The molecule has 0 fully saturated rings. The maximum atomic E-state index is 12.2. The molecule has 0 heterocycles. The summed E-state index contributed by atoms with van der Waals surface area (Å²) in [5.41, 5.74) is 0.267. The molecule has 1 aromatic carbocycles. The fourth-order valence-corrected chi connectivity index (χ4v) is 3.01. The summed E-state index contributed by atoms with van der Waals surface area (Å²) in [5.74, 6) is 0.462. The third-order valence-electron chi connectivity index (χ3n) is 3.44. The molecule has 0 spiro atoms. The fourth-order valence-electron chi connectivity index (χ4n) is 2.16. The van der Waals surface area contributed by atoms with Gasteiger partial charge in [0.25, 0.3) is 0 Å². The number of hydrogen-bond acceptors (Lipinski definition) is 5. The molecule has 24 heavy (non-hydrogen) atoms. The molecule has 0 atom stereocenters. The average molecular weight is 358 g/mol. The molecule has 0 unspecified atom stereocenters. The van der Waals surface area contributed by atoms with Crippen LogP contribution in [-0.2, 0) is 14.8 Å². The number of amides is 1. The van der Waals surface area contributed by atoms with Crippen molar-refractivity contribution in [3.05, 3.63) is 18.2 Å². The Labute approximate surface area is 144 Å². The zero-order valence-electron chi connectivity index (χ0n) is 14.7. The minimum Gasteiger partial charge on any atom is -0.497 e. The first kappa shape index (κ1) is 20.1. The first-order chi connectivity index (χ1) is 11.3. The van der Waals surface area contributed by atoms with Gasteiger partial charge in [0.05, 0.1) is 26.2 Å². The lowest BCUT2D eigenvalue weighted by atomic mass is 10.2. The van der Waals surface area contributed by atoms with Gasteiger partial charge in [0.15, 0.2) is 0 Å². The van der Waals surface area contributed by atoms with Crippen LogP contribution >= 0.6 is 0 Å². The van der Waals surface area contributed by atoms with E-state index in [0.717, 1.165) is 29.8 Å². The summed E-state index contributed by atoms with van der Waals surface area (Å²) in [4.78, 5) is 12.1. The van der Waals surface area contributed by atoms with Crippen molar-refractivity contribution >= 4 is 21.6 Å². The second kappa shape index (κ2) is 9.36. The smallest absolute Gasteiger partial charge is 0.240 e. The monoisotopic (exact) mass is 358 g/mol. The van der Waals surface area contributed by atoms with E-state index in [1.165, 1.54) is 20.3 Å². The van der Waals surface area contributed by atoms with E-state index in [2.05, 4.69) is 12.2 Å². The van der Waals surface area contributed by atoms with E-state index in [0.29, 0.717) is 18.0 Å². The Kier molecular flexibility index (Phi) is 7.84. The minimum absolute atomic E-state index is 0.267. The summed E-state index contributed by atoms with van der Waals surface area (Å²) in [6.45, 7) is 2.29. The van der Waals surface area contributed by atoms with Crippen molar-refractivity contribution in [2.45, 2.75) is 26.2 Å². The van der Waals surface area contributed by atoms with Crippen molar-refractivity contribution in [2.75, 3.05) is 37.9 Å². The van der Waals surface area contributed by atoms with E-state index >= 15 is 0 Å². The number of anilines is 1. The first-order valence-corrected chi connectivity index (χ1v) is 9.64. The van der Waals surface area contributed by atoms with E-state index in [1.54, 1.807) is 12.1 Å². The molecule has 0 aliphatic rings.